The number of aromatic nitrogens is 2. The van der Waals surface area contributed by atoms with E-state index < -0.39 is 0 Å². The van der Waals surface area contributed by atoms with Crippen molar-refractivity contribution in [3.63, 3.8) is 0 Å². The number of anilines is 1. The van der Waals surface area contributed by atoms with Crippen LogP contribution in [0.1, 0.15) is 5.69 Å². The first-order valence-electron chi connectivity index (χ1n) is 7.10. The number of aryl methyl sites for hydroxylation is 1. The van der Waals surface area contributed by atoms with Crippen molar-refractivity contribution in [3.8, 4) is 5.75 Å². The van der Waals surface area contributed by atoms with E-state index in [0.29, 0.717) is 16.8 Å². The number of nitrogens with zero attached hydrogens (tertiary/aromatic N) is 2. The molecule has 3 aromatic rings. The highest BCUT2D eigenvalue weighted by Crippen LogP contribution is 2.15. The standard InChI is InChI=1S/C17H15N3O3/c1-11-14-7-2-3-8-15(14)17(23)20(19-11)10-16(22)18-12-5-4-6-13(21)9-12/h2-9,21H,10H2,1H3,(H,18,22). The van der Waals surface area contributed by atoms with Crippen LogP contribution in [0.15, 0.2) is 53.3 Å². The van der Waals surface area contributed by atoms with E-state index in [-0.39, 0.29) is 23.8 Å². The minimum Gasteiger partial charge on any atom is -0.508 e. The summed E-state index contributed by atoms with van der Waals surface area (Å²) in [5.74, 6) is -0.334. The number of nitrogens with one attached hydrogen (secondary N) is 1. The summed E-state index contributed by atoms with van der Waals surface area (Å²) in [5.41, 5.74) is 0.836. The van der Waals surface area contributed by atoms with Gasteiger partial charge in [0.05, 0.1) is 11.1 Å². The van der Waals surface area contributed by atoms with Gasteiger partial charge in [-0.25, -0.2) is 4.68 Å². The van der Waals surface area contributed by atoms with E-state index in [9.17, 15) is 14.7 Å². The number of hydrogen-bond donors (Lipinski definition) is 2. The first-order chi connectivity index (χ1) is 11.0. The Morgan fingerprint density at radius 2 is 1.91 bits per heavy atom. The van der Waals surface area contributed by atoms with Crippen molar-refractivity contribution in [2.24, 2.45) is 0 Å². The monoisotopic (exact) mass is 309 g/mol. The summed E-state index contributed by atoms with van der Waals surface area (Å²) in [4.78, 5) is 24.5. The molecule has 1 heterocycles. The number of rotatable bonds is 3. The molecule has 0 radical (unpaired) electrons. The Bertz CT molecular complexity index is 947. The van der Waals surface area contributed by atoms with Gasteiger partial charge in [0, 0.05) is 17.1 Å². The van der Waals surface area contributed by atoms with Gasteiger partial charge in [0.15, 0.2) is 0 Å². The second-order valence-corrected chi connectivity index (χ2v) is 5.19. The molecule has 6 nitrogen and oxygen atoms in total. The first kappa shape index (κ1) is 14.8. The molecule has 2 aromatic carbocycles. The average Bonchev–Trinajstić information content (AvgIpc) is 2.52. The number of benzene rings is 2. The molecule has 0 bridgehead atoms. The molecule has 0 saturated heterocycles. The van der Waals surface area contributed by atoms with E-state index in [1.54, 1.807) is 31.2 Å². The molecule has 2 N–H and O–H groups in total. The van der Waals surface area contributed by atoms with Crippen LogP contribution in [0, 0.1) is 6.92 Å². The van der Waals surface area contributed by atoms with Crippen LogP contribution in [0.3, 0.4) is 0 Å². The van der Waals surface area contributed by atoms with Gasteiger partial charge in [-0.3, -0.25) is 9.59 Å². The van der Waals surface area contributed by atoms with Crippen LogP contribution in [0.5, 0.6) is 5.75 Å². The number of hydrogen-bond acceptors (Lipinski definition) is 4. The lowest BCUT2D eigenvalue weighted by atomic mass is 10.1. The Kier molecular flexibility index (Phi) is 3.80. The van der Waals surface area contributed by atoms with E-state index in [0.717, 1.165) is 10.1 Å². The minimum absolute atomic E-state index is 0.0552. The SMILES string of the molecule is Cc1nn(CC(=O)Nc2cccc(O)c2)c(=O)c2ccccc12. The second-order valence-electron chi connectivity index (χ2n) is 5.19. The van der Waals surface area contributed by atoms with Gasteiger partial charge < -0.3 is 10.4 Å². The number of fused-ring (bicyclic) bond motifs is 1. The third-order valence-electron chi connectivity index (χ3n) is 3.48. The zero-order chi connectivity index (χ0) is 16.4. The molecule has 23 heavy (non-hydrogen) atoms. The van der Waals surface area contributed by atoms with Gasteiger partial charge in [-0.2, -0.15) is 5.10 Å². The van der Waals surface area contributed by atoms with Crippen molar-refractivity contribution in [2.75, 3.05) is 5.32 Å². The molecule has 0 aliphatic rings. The normalized spacial score (nSPS) is 10.7. The third kappa shape index (κ3) is 3.06. The molecule has 6 heteroatoms. The summed E-state index contributed by atoms with van der Waals surface area (Å²) in [7, 11) is 0. The zero-order valence-corrected chi connectivity index (χ0v) is 12.5. The molecule has 0 aliphatic carbocycles. The van der Waals surface area contributed by atoms with Gasteiger partial charge in [-0.1, -0.05) is 24.3 Å². The van der Waals surface area contributed by atoms with Crippen LogP contribution >= 0.6 is 0 Å². The largest absolute Gasteiger partial charge is 0.508 e. The van der Waals surface area contributed by atoms with Gasteiger partial charge in [0.25, 0.3) is 5.56 Å². The second kappa shape index (κ2) is 5.92. The van der Waals surface area contributed by atoms with E-state index in [2.05, 4.69) is 10.4 Å². The van der Waals surface area contributed by atoms with Gasteiger partial charge in [0.2, 0.25) is 5.91 Å². The highest BCUT2D eigenvalue weighted by Gasteiger charge is 2.11. The van der Waals surface area contributed by atoms with Crippen LogP contribution in [0.25, 0.3) is 10.8 Å². The maximum atomic E-state index is 12.4. The smallest absolute Gasteiger partial charge is 0.275 e. The Morgan fingerprint density at radius 1 is 1.17 bits per heavy atom. The van der Waals surface area contributed by atoms with E-state index in [1.165, 1.54) is 12.1 Å². The van der Waals surface area contributed by atoms with Crippen molar-refractivity contribution in [3.05, 3.63) is 64.6 Å². The molecular formula is C17H15N3O3. The molecule has 0 fully saturated rings. The van der Waals surface area contributed by atoms with Crippen LogP contribution in [-0.4, -0.2) is 20.8 Å². The molecule has 3 rings (SSSR count). The molecule has 0 spiro atoms. The van der Waals surface area contributed by atoms with Crippen LogP contribution in [-0.2, 0) is 11.3 Å². The quantitative estimate of drug-likeness (QED) is 0.775. The molecule has 0 aliphatic heterocycles. The fourth-order valence-corrected chi connectivity index (χ4v) is 2.43. The Labute approximate surface area is 132 Å². The Balaban J connectivity index is 1.88. The Hall–Kier alpha value is -3.15. The van der Waals surface area contributed by atoms with E-state index in [1.807, 2.05) is 12.1 Å². The van der Waals surface area contributed by atoms with Crippen LogP contribution < -0.4 is 10.9 Å². The fourth-order valence-electron chi connectivity index (χ4n) is 2.43. The van der Waals surface area contributed by atoms with E-state index in [4.69, 9.17) is 0 Å². The van der Waals surface area contributed by atoms with Crippen LogP contribution in [0.4, 0.5) is 5.69 Å². The lowest BCUT2D eigenvalue weighted by Gasteiger charge is -2.09. The molecular weight excluding hydrogens is 294 g/mol. The van der Waals surface area contributed by atoms with Crippen molar-refractivity contribution < 1.29 is 9.90 Å². The first-order valence-corrected chi connectivity index (χ1v) is 7.10. The molecule has 0 unspecified atom stereocenters. The topological polar surface area (TPSA) is 84.2 Å². The number of phenolic OH excluding ortho intramolecular Hbond substituents is 1. The van der Waals surface area contributed by atoms with Gasteiger partial charge >= 0.3 is 0 Å². The molecule has 0 saturated carbocycles. The number of phenols is 1. The number of carbonyl (C=O) groups is 1. The summed E-state index contributed by atoms with van der Waals surface area (Å²) in [6.07, 6.45) is 0. The summed E-state index contributed by atoms with van der Waals surface area (Å²) in [5, 5.41) is 17.5. The maximum Gasteiger partial charge on any atom is 0.275 e. The fraction of sp³-hybridized carbons (Fsp3) is 0.118. The van der Waals surface area contributed by atoms with Crippen molar-refractivity contribution >= 4 is 22.4 Å². The summed E-state index contributed by atoms with van der Waals surface area (Å²) >= 11 is 0. The van der Waals surface area contributed by atoms with Gasteiger partial charge in [-0.05, 0) is 25.1 Å². The third-order valence-corrected chi connectivity index (χ3v) is 3.48. The minimum atomic E-state index is -0.389. The summed E-state index contributed by atoms with van der Waals surface area (Å²) in [6.45, 7) is 1.60. The maximum absolute atomic E-state index is 12.4. The molecule has 1 aromatic heterocycles. The lowest BCUT2D eigenvalue weighted by Crippen LogP contribution is -2.30. The highest BCUT2D eigenvalue weighted by atomic mass is 16.3. The zero-order valence-electron chi connectivity index (χ0n) is 12.5. The molecule has 0 atom stereocenters. The van der Waals surface area contributed by atoms with Crippen molar-refractivity contribution in [2.45, 2.75) is 13.5 Å². The van der Waals surface area contributed by atoms with E-state index >= 15 is 0 Å². The van der Waals surface area contributed by atoms with Crippen molar-refractivity contribution in [1.82, 2.24) is 9.78 Å². The average molecular weight is 309 g/mol. The predicted octanol–water partition coefficient (Wildman–Crippen LogP) is 2.05. The lowest BCUT2D eigenvalue weighted by molar-refractivity contribution is -0.117. The van der Waals surface area contributed by atoms with Gasteiger partial charge in [0.1, 0.15) is 12.3 Å². The molecule has 1 amide bonds. The van der Waals surface area contributed by atoms with Crippen LogP contribution in [0.2, 0.25) is 0 Å². The number of carbonyl (C=O) groups excluding carboxylic acids is 1. The summed E-state index contributed by atoms with van der Waals surface area (Å²) in [6, 6.07) is 13.4. The molecule has 116 valence electrons. The number of aromatic hydroxyl groups is 1. The summed E-state index contributed by atoms with van der Waals surface area (Å²) < 4.78 is 1.15. The Morgan fingerprint density at radius 3 is 2.65 bits per heavy atom. The van der Waals surface area contributed by atoms with Gasteiger partial charge in [-0.15, -0.1) is 0 Å². The predicted molar refractivity (Wildman–Crippen MR) is 87.5 cm³/mol. The highest BCUT2D eigenvalue weighted by molar-refractivity contribution is 5.91. The van der Waals surface area contributed by atoms with Crippen molar-refractivity contribution in [1.29, 1.82) is 0 Å². The number of amides is 1.